The molecule has 1 aromatic rings. The van der Waals surface area contributed by atoms with Crippen molar-refractivity contribution in [1.29, 1.82) is 0 Å². The maximum Gasteiger partial charge on any atom is 0.317 e. The normalized spacial score (nSPS) is 10.3. The second kappa shape index (κ2) is 8.39. The number of alkyl halides is 1. The molecule has 0 heterocycles. The van der Waals surface area contributed by atoms with Crippen molar-refractivity contribution >= 4 is 45.6 Å². The standard InChI is InChI=1S/C9H11Br.Cl2O2S/c10-8-4-7-9-5-2-1-3-6-9;1-5(2,3)4/h1-3,5-6H,4,7-8H2;. The Bertz CT molecular complexity index is 346. The molecule has 0 unspecified atom stereocenters. The maximum atomic E-state index is 9.16. The van der Waals surface area contributed by atoms with Crippen molar-refractivity contribution in [2.75, 3.05) is 5.33 Å². The van der Waals surface area contributed by atoms with Gasteiger partial charge in [0.25, 0.3) is 0 Å². The average Bonchev–Trinajstić information content (AvgIpc) is 2.14. The van der Waals surface area contributed by atoms with Gasteiger partial charge in [-0.25, -0.2) is 0 Å². The van der Waals surface area contributed by atoms with Crippen LogP contribution in [0.5, 0.6) is 0 Å². The molecule has 6 heteroatoms. The van der Waals surface area contributed by atoms with E-state index in [2.05, 4.69) is 67.6 Å². The molecular formula is C9H11BrCl2O2S. The fourth-order valence-electron chi connectivity index (χ4n) is 0.916. The number of hydrogen-bond donors (Lipinski definition) is 0. The third kappa shape index (κ3) is 14.2. The molecule has 15 heavy (non-hydrogen) atoms. The van der Waals surface area contributed by atoms with Crippen LogP contribution < -0.4 is 0 Å². The first-order valence-electron chi connectivity index (χ1n) is 4.17. The van der Waals surface area contributed by atoms with Gasteiger partial charge in [0, 0.05) is 26.7 Å². The number of hydrogen-bond acceptors (Lipinski definition) is 2. The summed E-state index contributed by atoms with van der Waals surface area (Å²) in [5.74, 6) is 0. The van der Waals surface area contributed by atoms with Crippen molar-refractivity contribution in [2.45, 2.75) is 12.8 Å². The van der Waals surface area contributed by atoms with Crippen LogP contribution in [0.25, 0.3) is 0 Å². The molecule has 1 rings (SSSR count). The minimum Gasteiger partial charge on any atom is -0.195 e. The molecule has 2 nitrogen and oxygen atoms in total. The summed E-state index contributed by atoms with van der Waals surface area (Å²) in [6.45, 7) is 0. The van der Waals surface area contributed by atoms with Crippen LogP contribution in [0.2, 0.25) is 0 Å². The molecule has 1 aromatic carbocycles. The lowest BCUT2D eigenvalue weighted by Crippen LogP contribution is -1.83. The van der Waals surface area contributed by atoms with Gasteiger partial charge >= 0.3 is 8.26 Å². The van der Waals surface area contributed by atoms with Crippen molar-refractivity contribution in [3.8, 4) is 0 Å². The minimum atomic E-state index is -3.72. The van der Waals surface area contributed by atoms with Crippen LogP contribution in [0.1, 0.15) is 12.0 Å². The lowest BCUT2D eigenvalue weighted by Gasteiger charge is -1.95. The minimum absolute atomic E-state index is 1.10. The highest BCUT2D eigenvalue weighted by molar-refractivity contribution is 9.09. The Hall–Kier alpha value is 0.230. The lowest BCUT2D eigenvalue weighted by atomic mass is 10.1. The number of benzene rings is 1. The van der Waals surface area contributed by atoms with Gasteiger partial charge < -0.3 is 0 Å². The lowest BCUT2D eigenvalue weighted by molar-refractivity contribution is 0.621. The summed E-state index contributed by atoms with van der Waals surface area (Å²) in [5.41, 5.74) is 1.43. The van der Waals surface area contributed by atoms with Crippen LogP contribution in [0.3, 0.4) is 0 Å². The Kier molecular flexibility index (Phi) is 8.52. The predicted octanol–water partition coefficient (Wildman–Crippen LogP) is 3.72. The van der Waals surface area contributed by atoms with Gasteiger partial charge in [0.2, 0.25) is 0 Å². The molecule has 0 saturated heterocycles. The Balaban J connectivity index is 0.000000336. The first-order chi connectivity index (χ1) is 6.93. The van der Waals surface area contributed by atoms with Crippen molar-refractivity contribution in [1.82, 2.24) is 0 Å². The SMILES string of the molecule is BrCCCc1ccccc1.O=S(=O)(Cl)Cl. The molecule has 0 amide bonds. The number of halogens is 3. The van der Waals surface area contributed by atoms with Gasteiger partial charge in [-0.1, -0.05) is 46.3 Å². The second-order valence-electron chi connectivity index (χ2n) is 2.66. The van der Waals surface area contributed by atoms with Crippen molar-refractivity contribution < 1.29 is 8.42 Å². The summed E-state index contributed by atoms with van der Waals surface area (Å²) in [4.78, 5) is 0. The Morgan fingerprint density at radius 1 is 1.13 bits per heavy atom. The topological polar surface area (TPSA) is 34.1 Å². The third-order valence-electron chi connectivity index (χ3n) is 1.44. The molecule has 0 bridgehead atoms. The van der Waals surface area contributed by atoms with E-state index in [9.17, 15) is 0 Å². The van der Waals surface area contributed by atoms with E-state index in [1.54, 1.807) is 0 Å². The molecule has 0 aliphatic rings. The van der Waals surface area contributed by atoms with E-state index in [4.69, 9.17) is 8.42 Å². The van der Waals surface area contributed by atoms with Crippen LogP contribution in [0.4, 0.5) is 0 Å². The highest BCUT2D eigenvalue weighted by Crippen LogP contribution is 2.02. The van der Waals surface area contributed by atoms with Crippen molar-refractivity contribution in [3.63, 3.8) is 0 Å². The summed E-state index contributed by atoms with van der Waals surface area (Å²) in [6.07, 6.45) is 2.41. The zero-order chi connectivity index (χ0) is 11.7. The smallest absolute Gasteiger partial charge is 0.195 e. The third-order valence-corrected chi connectivity index (χ3v) is 2.00. The van der Waals surface area contributed by atoms with E-state index >= 15 is 0 Å². The van der Waals surface area contributed by atoms with Gasteiger partial charge in [0.1, 0.15) is 0 Å². The number of aryl methyl sites for hydroxylation is 1. The van der Waals surface area contributed by atoms with Crippen LogP contribution in [-0.2, 0) is 14.7 Å². The van der Waals surface area contributed by atoms with E-state index in [1.807, 2.05) is 0 Å². The molecule has 0 aromatic heterocycles. The molecule has 0 aliphatic carbocycles. The van der Waals surface area contributed by atoms with E-state index in [-0.39, 0.29) is 0 Å². The Morgan fingerprint density at radius 3 is 2.00 bits per heavy atom. The fourth-order valence-corrected chi connectivity index (χ4v) is 1.20. The summed E-state index contributed by atoms with van der Waals surface area (Å²) in [6, 6.07) is 10.6. The van der Waals surface area contributed by atoms with Crippen LogP contribution in [-0.4, -0.2) is 13.7 Å². The van der Waals surface area contributed by atoms with Crippen LogP contribution >= 0.6 is 37.3 Å². The molecule has 0 atom stereocenters. The highest BCUT2D eigenvalue weighted by Gasteiger charge is 1.89. The van der Waals surface area contributed by atoms with E-state index in [1.165, 1.54) is 18.4 Å². The second-order valence-corrected chi connectivity index (χ2v) is 7.12. The molecule has 0 spiro atoms. The van der Waals surface area contributed by atoms with Crippen molar-refractivity contribution in [2.24, 2.45) is 0 Å². The summed E-state index contributed by atoms with van der Waals surface area (Å²) < 4.78 is 18.3. The quantitative estimate of drug-likeness (QED) is 0.624. The molecule has 0 saturated carbocycles. The van der Waals surface area contributed by atoms with Gasteiger partial charge in [0.15, 0.2) is 0 Å². The van der Waals surface area contributed by atoms with Gasteiger partial charge in [-0.05, 0) is 18.4 Å². The van der Waals surface area contributed by atoms with Gasteiger partial charge in [0.05, 0.1) is 0 Å². The fraction of sp³-hybridized carbons (Fsp3) is 0.333. The summed E-state index contributed by atoms with van der Waals surface area (Å²) >= 11 is 3.41. The first-order valence-corrected chi connectivity index (χ1v) is 8.43. The molecule has 0 N–H and O–H groups in total. The van der Waals surface area contributed by atoms with Crippen molar-refractivity contribution in [3.05, 3.63) is 35.9 Å². The van der Waals surface area contributed by atoms with Gasteiger partial charge in [-0.3, -0.25) is 0 Å². The maximum absolute atomic E-state index is 9.16. The molecular weight excluding hydrogens is 323 g/mol. The van der Waals surface area contributed by atoms with Gasteiger partial charge in [-0.15, -0.1) is 0 Å². The summed E-state index contributed by atoms with van der Waals surface area (Å²) in [7, 11) is 4.81. The summed E-state index contributed by atoms with van der Waals surface area (Å²) in [5, 5.41) is 1.10. The largest absolute Gasteiger partial charge is 0.317 e. The Morgan fingerprint density at radius 2 is 1.60 bits per heavy atom. The average molecular weight is 334 g/mol. The number of rotatable bonds is 3. The van der Waals surface area contributed by atoms with Crippen LogP contribution in [0.15, 0.2) is 30.3 Å². The predicted molar refractivity (Wildman–Crippen MR) is 69.2 cm³/mol. The molecule has 0 aliphatic heterocycles. The van der Waals surface area contributed by atoms with E-state index < -0.39 is 8.26 Å². The highest BCUT2D eigenvalue weighted by atomic mass is 79.9. The molecule has 86 valence electrons. The Labute approximate surface area is 108 Å². The molecule has 0 radical (unpaired) electrons. The monoisotopic (exact) mass is 332 g/mol. The zero-order valence-electron chi connectivity index (χ0n) is 7.87. The van der Waals surface area contributed by atoms with Gasteiger partial charge in [-0.2, -0.15) is 8.42 Å². The van der Waals surface area contributed by atoms with E-state index in [0.29, 0.717) is 0 Å². The zero-order valence-corrected chi connectivity index (χ0v) is 11.8. The molecule has 0 fully saturated rings. The van der Waals surface area contributed by atoms with Crippen LogP contribution in [0, 0.1) is 0 Å². The first kappa shape index (κ1) is 15.2. The van der Waals surface area contributed by atoms with E-state index in [0.717, 1.165) is 5.33 Å².